The van der Waals surface area contributed by atoms with Gasteiger partial charge in [-0.2, -0.15) is 0 Å². The zero-order valence-corrected chi connectivity index (χ0v) is 9.53. The van der Waals surface area contributed by atoms with E-state index in [1.807, 2.05) is 19.1 Å². The topological polar surface area (TPSA) is 29.5 Å². The van der Waals surface area contributed by atoms with Crippen molar-refractivity contribution >= 4 is 11.7 Å². The summed E-state index contributed by atoms with van der Waals surface area (Å²) in [4.78, 5) is 13.5. The van der Waals surface area contributed by atoms with Gasteiger partial charge in [-0.3, -0.25) is 4.79 Å². The van der Waals surface area contributed by atoms with Crippen LogP contribution in [0.1, 0.15) is 18.9 Å². The Morgan fingerprint density at radius 1 is 1.62 bits per heavy atom. The van der Waals surface area contributed by atoms with Gasteiger partial charge in [-0.1, -0.05) is 12.1 Å². The summed E-state index contributed by atoms with van der Waals surface area (Å²) in [6.07, 6.45) is 2.18. The molecule has 1 aliphatic heterocycles. The molecule has 0 aromatic heterocycles. The molecule has 1 heterocycles. The van der Waals surface area contributed by atoms with E-state index in [1.165, 1.54) is 5.56 Å². The van der Waals surface area contributed by atoms with Gasteiger partial charge in [0.25, 0.3) is 0 Å². The largest absolute Gasteiger partial charge is 0.465 e. The van der Waals surface area contributed by atoms with Crippen molar-refractivity contribution in [2.75, 3.05) is 24.6 Å². The van der Waals surface area contributed by atoms with Crippen LogP contribution in [-0.2, 0) is 16.0 Å². The summed E-state index contributed by atoms with van der Waals surface area (Å²) in [5, 5.41) is 0. The van der Waals surface area contributed by atoms with Crippen LogP contribution in [0.15, 0.2) is 18.2 Å². The molecule has 0 saturated carbocycles. The highest BCUT2D eigenvalue weighted by Gasteiger charge is 2.18. The van der Waals surface area contributed by atoms with Crippen molar-refractivity contribution in [1.82, 2.24) is 0 Å². The van der Waals surface area contributed by atoms with Crippen LogP contribution >= 0.6 is 0 Å². The number of carbonyl (C=O) groups excluding carboxylic acids is 1. The van der Waals surface area contributed by atoms with Gasteiger partial charge in [-0.15, -0.1) is 0 Å². The van der Waals surface area contributed by atoms with Gasteiger partial charge < -0.3 is 9.64 Å². The first-order chi connectivity index (χ1) is 7.81. The Morgan fingerprint density at radius 2 is 2.50 bits per heavy atom. The molecule has 16 heavy (non-hydrogen) atoms. The molecular weight excluding hydrogens is 202 g/mol. The fraction of sp³-hybridized carbons (Fsp3) is 0.462. The van der Waals surface area contributed by atoms with Crippen molar-refractivity contribution in [3.05, 3.63) is 29.8 Å². The van der Waals surface area contributed by atoms with Crippen LogP contribution in [0.2, 0.25) is 0 Å². The number of anilines is 1. The van der Waals surface area contributed by atoms with Gasteiger partial charge in [-0.25, -0.2) is 0 Å². The average Bonchev–Trinajstić information content (AvgIpc) is 2.30. The molecule has 0 saturated heterocycles. The van der Waals surface area contributed by atoms with Crippen molar-refractivity contribution in [2.24, 2.45) is 0 Å². The number of fused-ring (bicyclic) bond motifs is 1. The number of hydrogen-bond acceptors (Lipinski definition) is 3. The molecule has 1 radical (unpaired) electrons. The number of carbonyl (C=O) groups is 1. The highest BCUT2D eigenvalue weighted by Crippen LogP contribution is 2.25. The minimum absolute atomic E-state index is 0.154. The predicted molar refractivity (Wildman–Crippen MR) is 62.4 cm³/mol. The van der Waals surface area contributed by atoms with E-state index < -0.39 is 0 Å². The van der Waals surface area contributed by atoms with E-state index >= 15 is 0 Å². The van der Waals surface area contributed by atoms with Crippen LogP contribution in [0.4, 0.5) is 5.69 Å². The summed E-state index contributed by atoms with van der Waals surface area (Å²) in [5.74, 6) is -0.154. The molecule has 0 spiro atoms. The van der Waals surface area contributed by atoms with Gasteiger partial charge in [-0.05, 0) is 37.5 Å². The smallest absolute Gasteiger partial charge is 0.325 e. The lowest BCUT2D eigenvalue weighted by Gasteiger charge is -2.30. The Kier molecular flexibility index (Phi) is 3.44. The molecule has 2 rings (SSSR count). The lowest BCUT2D eigenvalue weighted by atomic mass is 10.0. The molecule has 0 unspecified atom stereocenters. The number of esters is 1. The molecule has 3 nitrogen and oxygen atoms in total. The molecule has 3 heteroatoms. The molecule has 1 aromatic rings. The molecule has 0 aliphatic carbocycles. The second kappa shape index (κ2) is 5.01. The van der Waals surface area contributed by atoms with E-state index in [9.17, 15) is 4.79 Å². The highest BCUT2D eigenvalue weighted by molar-refractivity contribution is 5.76. The van der Waals surface area contributed by atoms with Gasteiger partial charge in [0.05, 0.1) is 6.61 Å². The third kappa shape index (κ3) is 2.35. The Hall–Kier alpha value is -1.51. The van der Waals surface area contributed by atoms with Gasteiger partial charge in [0, 0.05) is 12.2 Å². The van der Waals surface area contributed by atoms with Gasteiger partial charge >= 0.3 is 5.97 Å². The summed E-state index contributed by atoms with van der Waals surface area (Å²) in [6, 6.07) is 9.01. The van der Waals surface area contributed by atoms with Crippen LogP contribution in [0.25, 0.3) is 0 Å². The number of ether oxygens (including phenoxy) is 1. The molecule has 1 aliphatic rings. The second-order valence-electron chi connectivity index (χ2n) is 3.88. The fourth-order valence-electron chi connectivity index (χ4n) is 2.07. The third-order valence-electron chi connectivity index (χ3n) is 2.77. The standard InChI is InChI=1S/C13H16NO2/c1-2-16-13(15)10-14-9-5-7-11-6-3-4-8-12(11)14/h3,6,8H,2,5,7,9-10H2,1H3. The van der Waals surface area contributed by atoms with Crippen LogP contribution in [-0.4, -0.2) is 25.7 Å². The number of rotatable bonds is 3. The van der Waals surface area contributed by atoms with E-state index in [0.29, 0.717) is 13.2 Å². The molecule has 0 amide bonds. The minimum Gasteiger partial charge on any atom is -0.465 e. The fourth-order valence-corrected chi connectivity index (χ4v) is 2.07. The van der Waals surface area contributed by atoms with E-state index in [0.717, 1.165) is 25.1 Å². The lowest BCUT2D eigenvalue weighted by molar-refractivity contribution is -0.141. The number of hydrogen-bond donors (Lipinski definition) is 0. The average molecular weight is 218 g/mol. The predicted octanol–water partition coefficient (Wildman–Crippen LogP) is 1.80. The van der Waals surface area contributed by atoms with Crippen LogP contribution in [0, 0.1) is 6.07 Å². The van der Waals surface area contributed by atoms with E-state index in [4.69, 9.17) is 4.74 Å². The Balaban J connectivity index is 2.10. The Labute approximate surface area is 96.0 Å². The summed E-state index contributed by atoms with van der Waals surface area (Å²) in [6.45, 7) is 3.54. The molecule has 0 fully saturated rings. The molecule has 1 aromatic carbocycles. The molecule has 85 valence electrons. The number of benzene rings is 1. The number of aryl methyl sites for hydroxylation is 1. The second-order valence-corrected chi connectivity index (χ2v) is 3.88. The van der Waals surface area contributed by atoms with Crippen molar-refractivity contribution in [3.8, 4) is 0 Å². The maximum Gasteiger partial charge on any atom is 0.325 e. The van der Waals surface area contributed by atoms with Crippen molar-refractivity contribution in [1.29, 1.82) is 0 Å². The molecule has 0 bridgehead atoms. The summed E-state index contributed by atoms with van der Waals surface area (Å²) in [7, 11) is 0. The monoisotopic (exact) mass is 218 g/mol. The number of nitrogens with zero attached hydrogens (tertiary/aromatic N) is 1. The molecule has 0 atom stereocenters. The zero-order chi connectivity index (χ0) is 11.4. The van der Waals surface area contributed by atoms with Crippen molar-refractivity contribution < 1.29 is 9.53 Å². The van der Waals surface area contributed by atoms with E-state index in [-0.39, 0.29) is 5.97 Å². The first kappa shape index (κ1) is 11.0. The third-order valence-corrected chi connectivity index (χ3v) is 2.77. The van der Waals surface area contributed by atoms with Crippen molar-refractivity contribution in [3.63, 3.8) is 0 Å². The SMILES string of the molecule is CCOC(=O)CN1CCCc2cc[c]cc21. The lowest BCUT2D eigenvalue weighted by Crippen LogP contribution is -2.35. The summed E-state index contributed by atoms with van der Waals surface area (Å²) >= 11 is 0. The Morgan fingerprint density at radius 3 is 3.31 bits per heavy atom. The maximum atomic E-state index is 11.4. The normalized spacial score (nSPS) is 14.4. The molecule has 0 N–H and O–H groups in total. The maximum absolute atomic E-state index is 11.4. The quantitative estimate of drug-likeness (QED) is 0.724. The van der Waals surface area contributed by atoms with Gasteiger partial charge in [0.15, 0.2) is 0 Å². The van der Waals surface area contributed by atoms with Crippen LogP contribution in [0.5, 0.6) is 0 Å². The molecular formula is C13H16NO2. The van der Waals surface area contributed by atoms with E-state index in [2.05, 4.69) is 17.0 Å². The van der Waals surface area contributed by atoms with Gasteiger partial charge in [0.2, 0.25) is 0 Å². The zero-order valence-electron chi connectivity index (χ0n) is 9.53. The minimum atomic E-state index is -0.154. The van der Waals surface area contributed by atoms with Crippen LogP contribution in [0.3, 0.4) is 0 Å². The summed E-state index contributed by atoms with van der Waals surface area (Å²) < 4.78 is 4.97. The van der Waals surface area contributed by atoms with E-state index in [1.54, 1.807) is 0 Å². The van der Waals surface area contributed by atoms with Gasteiger partial charge in [0.1, 0.15) is 6.54 Å². The summed E-state index contributed by atoms with van der Waals surface area (Å²) in [5.41, 5.74) is 2.43. The van der Waals surface area contributed by atoms with Crippen LogP contribution < -0.4 is 4.90 Å². The Bertz CT molecular complexity index is 376. The first-order valence-corrected chi connectivity index (χ1v) is 5.71. The first-order valence-electron chi connectivity index (χ1n) is 5.71. The highest BCUT2D eigenvalue weighted by atomic mass is 16.5. The van der Waals surface area contributed by atoms with Crippen molar-refractivity contribution in [2.45, 2.75) is 19.8 Å².